The Kier molecular flexibility index (Phi) is 3.51. The first-order chi connectivity index (χ1) is 10.3. The van der Waals surface area contributed by atoms with Gasteiger partial charge in [0.2, 0.25) is 0 Å². The minimum atomic E-state index is -0.0272. The van der Waals surface area contributed by atoms with Crippen molar-refractivity contribution in [1.29, 1.82) is 0 Å². The van der Waals surface area contributed by atoms with Crippen molar-refractivity contribution in [2.75, 3.05) is 0 Å². The maximum atomic E-state index is 10.8. The third-order valence-electron chi connectivity index (χ3n) is 3.21. The standard InChI is InChI=1S/C17H13NO3/c19-10-14-9-12(6-7-15(14)20)11-21-16-5-1-3-13-4-2-8-18-17(13)16/h1-10,20H,11H2. The number of phenols is 1. The number of aromatic nitrogens is 1. The largest absolute Gasteiger partial charge is 0.507 e. The molecule has 0 fully saturated rings. The number of fused-ring (bicyclic) bond motifs is 1. The number of para-hydroxylation sites is 1. The Morgan fingerprint density at radius 3 is 2.86 bits per heavy atom. The SMILES string of the molecule is O=Cc1cc(COc2cccc3cccnc23)ccc1O. The summed E-state index contributed by atoms with van der Waals surface area (Å²) in [6.45, 7) is 0.302. The first-order valence-corrected chi connectivity index (χ1v) is 6.51. The number of hydrogen-bond donors (Lipinski definition) is 1. The monoisotopic (exact) mass is 279 g/mol. The lowest BCUT2D eigenvalue weighted by molar-refractivity contribution is 0.112. The van der Waals surface area contributed by atoms with Gasteiger partial charge in [0.1, 0.15) is 23.6 Å². The molecule has 0 aliphatic rings. The van der Waals surface area contributed by atoms with Crippen LogP contribution < -0.4 is 4.74 Å². The number of carbonyl (C=O) groups excluding carboxylic acids is 1. The van der Waals surface area contributed by atoms with Gasteiger partial charge in [-0.1, -0.05) is 24.3 Å². The van der Waals surface area contributed by atoms with Crippen molar-refractivity contribution in [3.63, 3.8) is 0 Å². The van der Waals surface area contributed by atoms with Crippen LogP contribution in [0.1, 0.15) is 15.9 Å². The first kappa shape index (κ1) is 13.1. The van der Waals surface area contributed by atoms with Crippen LogP contribution in [0, 0.1) is 0 Å². The van der Waals surface area contributed by atoms with E-state index in [-0.39, 0.29) is 11.3 Å². The molecule has 0 bridgehead atoms. The van der Waals surface area contributed by atoms with E-state index in [0.717, 1.165) is 16.5 Å². The Bertz CT molecular complexity index is 794. The van der Waals surface area contributed by atoms with Crippen molar-refractivity contribution in [3.05, 3.63) is 65.9 Å². The van der Waals surface area contributed by atoms with Gasteiger partial charge in [-0.25, -0.2) is 0 Å². The van der Waals surface area contributed by atoms with E-state index in [9.17, 15) is 9.90 Å². The minimum Gasteiger partial charge on any atom is -0.507 e. The third kappa shape index (κ3) is 2.69. The summed E-state index contributed by atoms with van der Waals surface area (Å²) in [5, 5.41) is 10.5. The molecule has 0 spiro atoms. The summed E-state index contributed by atoms with van der Waals surface area (Å²) in [5.74, 6) is 0.661. The number of rotatable bonds is 4. The van der Waals surface area contributed by atoms with Crippen LogP contribution in [0.5, 0.6) is 11.5 Å². The number of nitrogens with zero attached hydrogens (tertiary/aromatic N) is 1. The summed E-state index contributed by atoms with van der Waals surface area (Å²) in [6, 6.07) is 14.4. The topological polar surface area (TPSA) is 59.4 Å². The number of ether oxygens (including phenoxy) is 1. The van der Waals surface area contributed by atoms with Crippen molar-refractivity contribution in [2.24, 2.45) is 0 Å². The van der Waals surface area contributed by atoms with Gasteiger partial charge in [-0.2, -0.15) is 0 Å². The van der Waals surface area contributed by atoms with Gasteiger partial charge >= 0.3 is 0 Å². The number of phenolic OH excluding ortho intramolecular Hbond substituents is 1. The second-order valence-corrected chi connectivity index (χ2v) is 4.63. The number of carbonyl (C=O) groups is 1. The zero-order valence-corrected chi connectivity index (χ0v) is 11.2. The van der Waals surface area contributed by atoms with Crippen LogP contribution in [0.4, 0.5) is 0 Å². The molecule has 0 saturated carbocycles. The van der Waals surface area contributed by atoms with E-state index in [4.69, 9.17) is 4.74 Å². The van der Waals surface area contributed by atoms with E-state index in [0.29, 0.717) is 18.6 Å². The van der Waals surface area contributed by atoms with Crippen LogP contribution in [0.15, 0.2) is 54.7 Å². The average molecular weight is 279 g/mol. The fraction of sp³-hybridized carbons (Fsp3) is 0.0588. The molecule has 21 heavy (non-hydrogen) atoms. The van der Waals surface area contributed by atoms with Gasteiger partial charge in [0.25, 0.3) is 0 Å². The molecule has 4 nitrogen and oxygen atoms in total. The molecule has 0 saturated heterocycles. The Balaban J connectivity index is 1.85. The van der Waals surface area contributed by atoms with Crippen molar-refractivity contribution < 1.29 is 14.6 Å². The third-order valence-corrected chi connectivity index (χ3v) is 3.21. The van der Waals surface area contributed by atoms with Gasteiger partial charge in [0.15, 0.2) is 6.29 Å². The van der Waals surface area contributed by atoms with E-state index < -0.39 is 0 Å². The fourth-order valence-corrected chi connectivity index (χ4v) is 2.14. The molecule has 3 rings (SSSR count). The molecule has 1 aromatic heterocycles. The van der Waals surface area contributed by atoms with E-state index in [1.54, 1.807) is 18.3 Å². The van der Waals surface area contributed by atoms with Crippen LogP contribution in [0.2, 0.25) is 0 Å². The average Bonchev–Trinajstić information content (AvgIpc) is 2.54. The highest BCUT2D eigenvalue weighted by Gasteiger charge is 2.05. The van der Waals surface area contributed by atoms with Gasteiger partial charge in [0.05, 0.1) is 5.56 Å². The fourth-order valence-electron chi connectivity index (χ4n) is 2.14. The van der Waals surface area contributed by atoms with Crippen molar-refractivity contribution in [1.82, 2.24) is 4.98 Å². The highest BCUT2D eigenvalue weighted by molar-refractivity contribution is 5.84. The normalized spacial score (nSPS) is 10.5. The first-order valence-electron chi connectivity index (χ1n) is 6.51. The molecule has 0 amide bonds. The second kappa shape index (κ2) is 5.63. The lowest BCUT2D eigenvalue weighted by Crippen LogP contribution is -1.97. The summed E-state index contributed by atoms with van der Waals surface area (Å²) in [5.41, 5.74) is 1.87. The molecule has 0 radical (unpaired) electrons. The van der Waals surface area contributed by atoms with Gasteiger partial charge in [-0.05, 0) is 29.8 Å². The quantitative estimate of drug-likeness (QED) is 0.744. The van der Waals surface area contributed by atoms with Gasteiger partial charge < -0.3 is 9.84 Å². The molecule has 104 valence electrons. The molecule has 0 aliphatic heterocycles. The van der Waals surface area contributed by atoms with Crippen LogP contribution >= 0.6 is 0 Å². The van der Waals surface area contributed by atoms with Crippen LogP contribution in [-0.4, -0.2) is 16.4 Å². The van der Waals surface area contributed by atoms with E-state index in [1.807, 2.05) is 30.3 Å². The van der Waals surface area contributed by atoms with Crippen molar-refractivity contribution in [3.8, 4) is 11.5 Å². The number of aromatic hydroxyl groups is 1. The summed E-state index contributed by atoms with van der Waals surface area (Å²) >= 11 is 0. The lowest BCUT2D eigenvalue weighted by atomic mass is 10.1. The highest BCUT2D eigenvalue weighted by Crippen LogP contribution is 2.24. The highest BCUT2D eigenvalue weighted by atomic mass is 16.5. The number of benzene rings is 2. The smallest absolute Gasteiger partial charge is 0.153 e. The Morgan fingerprint density at radius 1 is 1.14 bits per heavy atom. The van der Waals surface area contributed by atoms with E-state index >= 15 is 0 Å². The lowest BCUT2D eigenvalue weighted by Gasteiger charge is -2.09. The van der Waals surface area contributed by atoms with E-state index in [1.165, 1.54) is 6.07 Å². The predicted octanol–water partition coefficient (Wildman–Crippen LogP) is 3.33. The molecule has 2 aromatic carbocycles. The Hall–Kier alpha value is -2.88. The molecule has 3 aromatic rings. The summed E-state index contributed by atoms with van der Waals surface area (Å²) < 4.78 is 5.78. The molecule has 1 heterocycles. The molecular formula is C17H13NO3. The maximum Gasteiger partial charge on any atom is 0.153 e. The number of hydrogen-bond acceptors (Lipinski definition) is 4. The molecule has 0 atom stereocenters. The molecule has 0 aliphatic carbocycles. The molecular weight excluding hydrogens is 266 g/mol. The Labute approximate surface area is 121 Å². The summed E-state index contributed by atoms with van der Waals surface area (Å²) in [7, 11) is 0. The van der Waals surface area contributed by atoms with E-state index in [2.05, 4.69) is 4.98 Å². The van der Waals surface area contributed by atoms with Crippen LogP contribution in [0.3, 0.4) is 0 Å². The number of pyridine rings is 1. The molecule has 0 unspecified atom stereocenters. The molecule has 4 heteroatoms. The summed E-state index contributed by atoms with van der Waals surface area (Å²) in [4.78, 5) is 15.1. The van der Waals surface area contributed by atoms with Crippen molar-refractivity contribution in [2.45, 2.75) is 6.61 Å². The van der Waals surface area contributed by atoms with Crippen LogP contribution in [-0.2, 0) is 6.61 Å². The number of aldehydes is 1. The second-order valence-electron chi connectivity index (χ2n) is 4.63. The minimum absolute atomic E-state index is 0.0272. The van der Waals surface area contributed by atoms with Gasteiger partial charge in [-0.15, -0.1) is 0 Å². The Morgan fingerprint density at radius 2 is 2.00 bits per heavy atom. The predicted molar refractivity (Wildman–Crippen MR) is 79.6 cm³/mol. The summed E-state index contributed by atoms with van der Waals surface area (Å²) in [6.07, 6.45) is 2.35. The van der Waals surface area contributed by atoms with Gasteiger partial charge in [-0.3, -0.25) is 9.78 Å². The zero-order valence-electron chi connectivity index (χ0n) is 11.2. The zero-order chi connectivity index (χ0) is 14.7. The molecule has 1 N–H and O–H groups in total. The van der Waals surface area contributed by atoms with Crippen LogP contribution in [0.25, 0.3) is 10.9 Å². The van der Waals surface area contributed by atoms with Crippen molar-refractivity contribution >= 4 is 17.2 Å². The van der Waals surface area contributed by atoms with Gasteiger partial charge in [0, 0.05) is 11.6 Å². The maximum absolute atomic E-state index is 10.8.